The van der Waals surface area contributed by atoms with E-state index in [4.69, 9.17) is 4.74 Å². The lowest BCUT2D eigenvalue weighted by atomic mass is 10.1. The smallest absolute Gasteiger partial charge is 0.268 e. The van der Waals surface area contributed by atoms with Crippen LogP contribution in [0, 0.1) is 5.82 Å². The highest BCUT2D eigenvalue weighted by atomic mass is 19.1. The van der Waals surface area contributed by atoms with Crippen molar-refractivity contribution in [1.82, 2.24) is 0 Å². The average molecular weight is 342 g/mol. The predicted molar refractivity (Wildman–Crippen MR) is 89.3 cm³/mol. The van der Waals surface area contributed by atoms with E-state index in [1.54, 1.807) is 25.1 Å². The molecule has 6 nitrogen and oxygen atoms in total. The zero-order valence-electron chi connectivity index (χ0n) is 13.4. The number of hydrogen-bond acceptors (Lipinski definition) is 4. The normalized spacial score (nSPS) is 16.0. The number of aldehydes is 1. The second kappa shape index (κ2) is 6.72. The average Bonchev–Trinajstić information content (AvgIpc) is 2.60. The van der Waals surface area contributed by atoms with Crippen molar-refractivity contribution in [3.8, 4) is 5.75 Å². The molecule has 2 amide bonds. The lowest BCUT2D eigenvalue weighted by Crippen LogP contribution is -2.47. The Hall–Kier alpha value is -3.22. The Labute approximate surface area is 143 Å². The van der Waals surface area contributed by atoms with Crippen LogP contribution in [0.4, 0.5) is 15.8 Å². The molecular formula is C18H15FN2O4. The number of carbonyl (C=O) groups excluding carboxylic acids is 3. The summed E-state index contributed by atoms with van der Waals surface area (Å²) in [6.07, 6.45) is -0.128. The Morgan fingerprint density at radius 1 is 1.32 bits per heavy atom. The number of rotatable bonds is 4. The van der Waals surface area contributed by atoms with E-state index in [1.807, 2.05) is 0 Å². The van der Waals surface area contributed by atoms with Gasteiger partial charge < -0.3 is 10.1 Å². The molecule has 0 aromatic heterocycles. The number of benzene rings is 2. The third kappa shape index (κ3) is 3.35. The highest BCUT2D eigenvalue weighted by Crippen LogP contribution is 2.34. The lowest BCUT2D eigenvalue weighted by Gasteiger charge is -2.32. The maximum atomic E-state index is 13.7. The number of ether oxygens (including phenoxy) is 1. The van der Waals surface area contributed by atoms with Crippen molar-refractivity contribution in [1.29, 1.82) is 0 Å². The van der Waals surface area contributed by atoms with Gasteiger partial charge in [0.15, 0.2) is 6.10 Å². The predicted octanol–water partition coefficient (Wildman–Crippen LogP) is 2.39. The van der Waals surface area contributed by atoms with E-state index >= 15 is 0 Å². The molecule has 25 heavy (non-hydrogen) atoms. The second-order valence-corrected chi connectivity index (χ2v) is 5.56. The molecule has 0 radical (unpaired) electrons. The Morgan fingerprint density at radius 3 is 2.80 bits per heavy atom. The van der Waals surface area contributed by atoms with Crippen LogP contribution in [0.15, 0.2) is 42.5 Å². The van der Waals surface area contributed by atoms with E-state index in [1.165, 1.54) is 29.2 Å². The van der Waals surface area contributed by atoms with Crippen molar-refractivity contribution in [3.63, 3.8) is 0 Å². The quantitative estimate of drug-likeness (QED) is 0.866. The van der Waals surface area contributed by atoms with Crippen molar-refractivity contribution in [2.45, 2.75) is 13.0 Å². The minimum Gasteiger partial charge on any atom is -0.479 e. The summed E-state index contributed by atoms with van der Waals surface area (Å²) in [4.78, 5) is 36.9. The van der Waals surface area contributed by atoms with Crippen LogP contribution in [0.25, 0.3) is 0 Å². The van der Waals surface area contributed by atoms with Gasteiger partial charge >= 0.3 is 0 Å². The molecule has 2 aromatic rings. The molecule has 1 aliphatic rings. The van der Waals surface area contributed by atoms with Crippen molar-refractivity contribution in [3.05, 3.63) is 53.8 Å². The molecule has 128 valence electrons. The summed E-state index contributed by atoms with van der Waals surface area (Å²) in [5, 5.41) is 2.43. The SMILES string of the molecule is CC1Oc2ccc(C=O)cc2N(CC(=O)Nc2ccccc2F)C1=O. The number of amides is 2. The number of hydrogen-bond donors (Lipinski definition) is 1. The fourth-order valence-corrected chi connectivity index (χ4v) is 2.56. The summed E-state index contributed by atoms with van der Waals surface area (Å²) < 4.78 is 19.1. The minimum atomic E-state index is -0.768. The molecule has 1 heterocycles. The maximum absolute atomic E-state index is 13.7. The van der Waals surface area contributed by atoms with Crippen molar-refractivity contribution < 1.29 is 23.5 Å². The first-order valence-electron chi connectivity index (χ1n) is 7.61. The monoisotopic (exact) mass is 342 g/mol. The van der Waals surface area contributed by atoms with E-state index in [2.05, 4.69) is 5.32 Å². The summed E-state index contributed by atoms with van der Waals surface area (Å²) in [7, 11) is 0. The standard InChI is InChI=1S/C18H15FN2O4/c1-11-18(24)21(15-8-12(10-22)6-7-16(15)25-11)9-17(23)20-14-5-3-2-4-13(14)19/h2-8,10-11H,9H2,1H3,(H,20,23). The molecule has 3 rings (SSSR count). The molecule has 0 fully saturated rings. The van der Waals surface area contributed by atoms with Gasteiger partial charge in [-0.05, 0) is 37.3 Å². The fourth-order valence-electron chi connectivity index (χ4n) is 2.56. The van der Waals surface area contributed by atoms with Gasteiger partial charge in [0.25, 0.3) is 5.91 Å². The molecule has 1 atom stereocenters. The molecule has 7 heteroatoms. The maximum Gasteiger partial charge on any atom is 0.268 e. The number of anilines is 2. The van der Waals surface area contributed by atoms with Crippen LogP contribution in [0.2, 0.25) is 0 Å². The summed E-state index contributed by atoms with van der Waals surface area (Å²) in [6, 6.07) is 10.4. The third-order valence-electron chi connectivity index (χ3n) is 3.78. The number of nitrogens with one attached hydrogen (secondary N) is 1. The summed E-state index contributed by atoms with van der Waals surface area (Å²) in [5.74, 6) is -1.15. The van der Waals surface area contributed by atoms with Gasteiger partial charge in [-0.1, -0.05) is 12.1 Å². The summed E-state index contributed by atoms with van der Waals surface area (Å²) in [6.45, 7) is 1.25. The van der Waals surface area contributed by atoms with Gasteiger partial charge in [-0.2, -0.15) is 0 Å². The van der Waals surface area contributed by atoms with Crippen LogP contribution in [0.3, 0.4) is 0 Å². The Balaban J connectivity index is 1.86. The van der Waals surface area contributed by atoms with Crippen molar-refractivity contribution in [2.75, 3.05) is 16.8 Å². The Kier molecular flexibility index (Phi) is 4.47. The van der Waals surface area contributed by atoms with Gasteiger partial charge in [-0.25, -0.2) is 4.39 Å². The van der Waals surface area contributed by atoms with E-state index in [0.717, 1.165) is 0 Å². The van der Waals surface area contributed by atoms with Gasteiger partial charge in [-0.15, -0.1) is 0 Å². The molecule has 0 bridgehead atoms. The number of halogens is 1. The highest BCUT2D eigenvalue weighted by Gasteiger charge is 2.33. The second-order valence-electron chi connectivity index (χ2n) is 5.56. The molecular weight excluding hydrogens is 327 g/mol. The van der Waals surface area contributed by atoms with Crippen LogP contribution in [0.1, 0.15) is 17.3 Å². The van der Waals surface area contributed by atoms with E-state index in [-0.39, 0.29) is 12.2 Å². The first kappa shape index (κ1) is 16.6. The van der Waals surface area contributed by atoms with Crippen molar-refractivity contribution >= 4 is 29.5 Å². The zero-order chi connectivity index (χ0) is 18.0. The van der Waals surface area contributed by atoms with Gasteiger partial charge in [0, 0.05) is 5.56 Å². The molecule has 0 spiro atoms. The van der Waals surface area contributed by atoms with Crippen LogP contribution >= 0.6 is 0 Å². The molecule has 1 N–H and O–H groups in total. The van der Waals surface area contributed by atoms with Gasteiger partial charge in [0.2, 0.25) is 5.91 Å². The van der Waals surface area contributed by atoms with E-state index in [9.17, 15) is 18.8 Å². The first-order valence-corrected chi connectivity index (χ1v) is 7.61. The van der Waals surface area contributed by atoms with Crippen LogP contribution in [0.5, 0.6) is 5.75 Å². The first-order chi connectivity index (χ1) is 12.0. The van der Waals surface area contributed by atoms with Crippen LogP contribution < -0.4 is 15.0 Å². The van der Waals surface area contributed by atoms with Crippen LogP contribution in [-0.4, -0.2) is 30.7 Å². The van der Waals surface area contributed by atoms with Crippen molar-refractivity contribution in [2.24, 2.45) is 0 Å². The van der Waals surface area contributed by atoms with Gasteiger partial charge in [0.1, 0.15) is 24.4 Å². The van der Waals surface area contributed by atoms with Crippen LogP contribution in [-0.2, 0) is 9.59 Å². The molecule has 0 saturated carbocycles. The number of nitrogens with zero attached hydrogens (tertiary/aromatic N) is 1. The fraction of sp³-hybridized carbons (Fsp3) is 0.167. The van der Waals surface area contributed by atoms with Gasteiger partial charge in [0.05, 0.1) is 11.4 Å². The van der Waals surface area contributed by atoms with E-state index < -0.39 is 23.7 Å². The highest BCUT2D eigenvalue weighted by molar-refractivity contribution is 6.06. The molecule has 1 unspecified atom stereocenters. The minimum absolute atomic E-state index is 0.0307. The largest absolute Gasteiger partial charge is 0.479 e. The number of para-hydroxylation sites is 1. The number of fused-ring (bicyclic) bond motifs is 1. The lowest BCUT2D eigenvalue weighted by molar-refractivity contribution is -0.127. The van der Waals surface area contributed by atoms with E-state index in [0.29, 0.717) is 23.3 Å². The molecule has 0 saturated heterocycles. The Bertz CT molecular complexity index is 853. The summed E-state index contributed by atoms with van der Waals surface area (Å²) >= 11 is 0. The molecule has 1 aliphatic heterocycles. The molecule has 2 aromatic carbocycles. The third-order valence-corrected chi connectivity index (χ3v) is 3.78. The molecule has 0 aliphatic carbocycles. The van der Waals surface area contributed by atoms with Gasteiger partial charge in [-0.3, -0.25) is 19.3 Å². The summed E-state index contributed by atoms with van der Waals surface area (Å²) in [5.41, 5.74) is 0.712. The Morgan fingerprint density at radius 2 is 2.08 bits per heavy atom. The number of carbonyl (C=O) groups is 3. The topological polar surface area (TPSA) is 75.7 Å². The zero-order valence-corrected chi connectivity index (χ0v) is 13.4.